The molecule has 0 aliphatic heterocycles. The SMILES string of the molecule is [CH2-]c1cnc(OC(F)F)c(-c2cccc(Cl)c2)c1.[Zn]. The van der Waals surface area contributed by atoms with Crippen LogP contribution in [-0.4, -0.2) is 11.6 Å². The van der Waals surface area contributed by atoms with E-state index in [1.807, 2.05) is 0 Å². The number of halogens is 3. The summed E-state index contributed by atoms with van der Waals surface area (Å²) in [5.74, 6) is -0.139. The summed E-state index contributed by atoms with van der Waals surface area (Å²) in [5.41, 5.74) is 1.69. The molecule has 0 radical (unpaired) electrons. The van der Waals surface area contributed by atoms with E-state index in [1.54, 1.807) is 30.3 Å². The van der Waals surface area contributed by atoms with Crippen LogP contribution < -0.4 is 4.74 Å². The van der Waals surface area contributed by atoms with E-state index >= 15 is 0 Å². The van der Waals surface area contributed by atoms with Crippen LogP contribution in [-0.2, 0) is 19.5 Å². The van der Waals surface area contributed by atoms with Crippen LogP contribution in [0, 0.1) is 6.92 Å². The molecule has 0 saturated heterocycles. The molecular formula is C13H9ClF2NOZn-. The van der Waals surface area contributed by atoms with E-state index in [4.69, 9.17) is 11.6 Å². The largest absolute Gasteiger partial charge is 0.419 e. The Balaban J connectivity index is 0.00000180. The van der Waals surface area contributed by atoms with Gasteiger partial charge in [0.2, 0.25) is 5.88 Å². The fourth-order valence-electron chi connectivity index (χ4n) is 1.54. The molecule has 2 aromatic rings. The number of hydrogen-bond donors (Lipinski definition) is 0. The quantitative estimate of drug-likeness (QED) is 0.621. The minimum atomic E-state index is -2.92. The third-order valence-electron chi connectivity index (χ3n) is 2.24. The third-order valence-corrected chi connectivity index (χ3v) is 2.48. The molecule has 0 bridgehead atoms. The minimum absolute atomic E-state index is 0. The number of alkyl halides is 2. The van der Waals surface area contributed by atoms with Crippen molar-refractivity contribution in [1.82, 2.24) is 4.98 Å². The Hall–Kier alpha value is -1.19. The second-order valence-corrected chi connectivity index (χ2v) is 4.02. The van der Waals surface area contributed by atoms with Gasteiger partial charge in [-0.25, -0.2) is 0 Å². The Morgan fingerprint density at radius 2 is 2.00 bits per heavy atom. The van der Waals surface area contributed by atoms with E-state index in [2.05, 4.69) is 16.6 Å². The summed E-state index contributed by atoms with van der Waals surface area (Å²) < 4.78 is 29.0. The number of hydrogen-bond acceptors (Lipinski definition) is 2. The first-order valence-corrected chi connectivity index (χ1v) is 5.47. The topological polar surface area (TPSA) is 22.1 Å². The van der Waals surface area contributed by atoms with Crippen LogP contribution in [0.1, 0.15) is 5.56 Å². The standard InChI is InChI=1S/C13H9ClF2NO.Zn/c1-8-5-11(9-3-2-4-10(14)6-9)12(17-7-8)18-13(15)16;/h2-7,13H,1H2;/q-1;. The van der Waals surface area contributed by atoms with Crippen LogP contribution in [0.25, 0.3) is 11.1 Å². The van der Waals surface area contributed by atoms with Gasteiger partial charge < -0.3 is 4.74 Å². The number of benzene rings is 1. The second-order valence-electron chi connectivity index (χ2n) is 3.59. The Labute approximate surface area is 127 Å². The smallest absolute Gasteiger partial charge is 0.388 e. The van der Waals surface area contributed by atoms with Gasteiger partial charge in [0.1, 0.15) is 0 Å². The molecule has 19 heavy (non-hydrogen) atoms. The van der Waals surface area contributed by atoms with Gasteiger partial charge in [-0.2, -0.15) is 21.3 Å². The van der Waals surface area contributed by atoms with Crippen molar-refractivity contribution >= 4 is 11.6 Å². The van der Waals surface area contributed by atoms with Gasteiger partial charge >= 0.3 is 6.61 Å². The molecule has 1 aromatic carbocycles. The van der Waals surface area contributed by atoms with Crippen molar-refractivity contribution in [1.29, 1.82) is 0 Å². The van der Waals surface area contributed by atoms with Gasteiger partial charge in [-0.15, -0.1) is 6.07 Å². The molecule has 6 heteroatoms. The van der Waals surface area contributed by atoms with E-state index in [0.29, 0.717) is 21.7 Å². The first-order chi connectivity index (χ1) is 8.56. The molecule has 0 aliphatic carbocycles. The summed E-state index contributed by atoms with van der Waals surface area (Å²) in [6.07, 6.45) is 1.37. The van der Waals surface area contributed by atoms with Crippen molar-refractivity contribution in [3.8, 4) is 17.0 Å². The zero-order valence-electron chi connectivity index (χ0n) is 9.95. The summed E-state index contributed by atoms with van der Waals surface area (Å²) in [4.78, 5) is 3.82. The van der Waals surface area contributed by atoms with Gasteiger partial charge in [-0.3, -0.25) is 4.98 Å². The van der Waals surface area contributed by atoms with Gasteiger partial charge in [-0.1, -0.05) is 29.9 Å². The molecular weight excluding hydrogens is 325 g/mol. The van der Waals surface area contributed by atoms with E-state index in [1.165, 1.54) is 6.20 Å². The fraction of sp³-hybridized carbons (Fsp3) is 0.0769. The molecule has 0 unspecified atom stereocenters. The first-order valence-electron chi connectivity index (χ1n) is 5.09. The Bertz CT molecular complexity index is 566. The molecule has 0 atom stereocenters. The van der Waals surface area contributed by atoms with E-state index in [9.17, 15) is 8.78 Å². The normalized spacial score (nSPS) is 10.1. The van der Waals surface area contributed by atoms with Crippen molar-refractivity contribution in [2.75, 3.05) is 0 Å². The van der Waals surface area contributed by atoms with Crippen LogP contribution in [0.15, 0.2) is 36.5 Å². The van der Waals surface area contributed by atoms with Gasteiger partial charge in [0.25, 0.3) is 0 Å². The monoisotopic (exact) mass is 332 g/mol. The van der Waals surface area contributed by atoms with Crippen LogP contribution in [0.4, 0.5) is 8.78 Å². The maximum absolute atomic E-state index is 12.3. The number of aromatic nitrogens is 1. The van der Waals surface area contributed by atoms with Gasteiger partial charge in [0, 0.05) is 24.5 Å². The molecule has 0 spiro atoms. The Morgan fingerprint density at radius 3 is 2.63 bits per heavy atom. The maximum atomic E-state index is 12.3. The number of ether oxygens (including phenoxy) is 1. The van der Waals surface area contributed by atoms with Crippen LogP contribution in [0.3, 0.4) is 0 Å². The number of rotatable bonds is 3. The third kappa shape index (κ3) is 4.15. The first kappa shape index (κ1) is 15.9. The Kier molecular flexibility index (Phi) is 5.70. The zero-order chi connectivity index (χ0) is 13.1. The maximum Gasteiger partial charge on any atom is 0.388 e. The predicted molar refractivity (Wildman–Crippen MR) is 65.8 cm³/mol. The predicted octanol–water partition coefficient (Wildman–Crippen LogP) is 4.18. The molecule has 0 saturated carbocycles. The van der Waals surface area contributed by atoms with Gasteiger partial charge in [0.05, 0.1) is 0 Å². The zero-order valence-corrected chi connectivity index (χ0v) is 13.7. The van der Waals surface area contributed by atoms with E-state index < -0.39 is 6.61 Å². The Morgan fingerprint density at radius 1 is 1.26 bits per heavy atom. The van der Waals surface area contributed by atoms with Gasteiger partial charge in [0.15, 0.2) is 0 Å². The molecule has 96 valence electrons. The fourth-order valence-corrected chi connectivity index (χ4v) is 1.73. The van der Waals surface area contributed by atoms with Crippen LogP contribution in [0.5, 0.6) is 5.88 Å². The second kappa shape index (κ2) is 6.83. The average Bonchev–Trinajstić information content (AvgIpc) is 2.31. The van der Waals surface area contributed by atoms with E-state index in [-0.39, 0.29) is 25.4 Å². The minimum Gasteiger partial charge on any atom is -0.419 e. The molecule has 2 rings (SSSR count). The average molecular weight is 334 g/mol. The van der Waals surface area contributed by atoms with Crippen molar-refractivity contribution in [2.24, 2.45) is 0 Å². The summed E-state index contributed by atoms with van der Waals surface area (Å²) in [6, 6.07) is 8.42. The molecule has 0 amide bonds. The molecule has 1 heterocycles. The van der Waals surface area contributed by atoms with Crippen LogP contribution in [0.2, 0.25) is 5.02 Å². The number of nitrogens with zero attached hydrogens (tertiary/aromatic N) is 1. The van der Waals surface area contributed by atoms with Gasteiger partial charge in [-0.05, 0) is 23.3 Å². The number of pyridine rings is 1. The molecule has 0 fully saturated rings. The molecule has 0 aliphatic rings. The molecule has 2 nitrogen and oxygen atoms in total. The van der Waals surface area contributed by atoms with Crippen LogP contribution >= 0.6 is 11.6 Å². The molecule has 0 N–H and O–H groups in total. The van der Waals surface area contributed by atoms with Crippen molar-refractivity contribution in [2.45, 2.75) is 6.61 Å². The summed E-state index contributed by atoms with van der Waals surface area (Å²) >= 11 is 5.87. The molecule has 1 aromatic heterocycles. The van der Waals surface area contributed by atoms with Crippen molar-refractivity contribution in [3.63, 3.8) is 0 Å². The van der Waals surface area contributed by atoms with Crippen molar-refractivity contribution in [3.05, 3.63) is 54.0 Å². The summed E-state index contributed by atoms with van der Waals surface area (Å²) in [6.45, 7) is 0.786. The van der Waals surface area contributed by atoms with E-state index in [0.717, 1.165) is 0 Å². The van der Waals surface area contributed by atoms with Crippen molar-refractivity contribution < 1.29 is 33.0 Å². The summed E-state index contributed by atoms with van der Waals surface area (Å²) in [5, 5.41) is 0.505. The summed E-state index contributed by atoms with van der Waals surface area (Å²) in [7, 11) is 0.